The third-order valence-corrected chi connectivity index (χ3v) is 4.93. The predicted molar refractivity (Wildman–Crippen MR) is 111 cm³/mol. The summed E-state index contributed by atoms with van der Waals surface area (Å²) in [5, 5.41) is 5.73. The first-order valence-corrected chi connectivity index (χ1v) is 9.86. The molecule has 2 aromatic carbocycles. The number of carbonyl (C=O) groups is 2. The van der Waals surface area contributed by atoms with Crippen LogP contribution in [0.15, 0.2) is 48.5 Å². The third kappa shape index (κ3) is 6.57. The minimum atomic E-state index is -0.337. The topological polar surface area (TPSA) is 64.7 Å². The van der Waals surface area contributed by atoms with Crippen LogP contribution in [0.3, 0.4) is 0 Å². The Kier molecular flexibility index (Phi) is 7.19. The lowest BCUT2D eigenvalue weighted by Gasteiger charge is -2.34. The minimum Gasteiger partial charge on any atom is -0.338 e. The number of urea groups is 1. The Hall–Kier alpha value is -2.93. The summed E-state index contributed by atoms with van der Waals surface area (Å²) in [5.74, 6) is -0.482. The van der Waals surface area contributed by atoms with Gasteiger partial charge in [0.1, 0.15) is 5.82 Å². The monoisotopic (exact) mass is 398 g/mol. The Balaban J connectivity index is 1.35. The van der Waals surface area contributed by atoms with E-state index in [-0.39, 0.29) is 24.3 Å². The summed E-state index contributed by atoms with van der Waals surface area (Å²) in [4.78, 5) is 28.3. The Morgan fingerprint density at radius 2 is 1.76 bits per heavy atom. The van der Waals surface area contributed by atoms with Gasteiger partial charge in [-0.3, -0.25) is 9.69 Å². The number of amides is 3. The first-order valence-electron chi connectivity index (χ1n) is 9.86. The molecule has 0 aromatic heterocycles. The van der Waals surface area contributed by atoms with Gasteiger partial charge >= 0.3 is 6.03 Å². The average molecular weight is 398 g/mol. The molecule has 0 saturated carbocycles. The molecule has 1 heterocycles. The van der Waals surface area contributed by atoms with Crippen molar-refractivity contribution >= 4 is 17.6 Å². The maximum atomic E-state index is 12.9. The number of aryl methyl sites for hydroxylation is 1. The van der Waals surface area contributed by atoms with Crippen molar-refractivity contribution in [1.29, 1.82) is 0 Å². The summed E-state index contributed by atoms with van der Waals surface area (Å²) in [6.45, 7) is 5.36. The smallest absolute Gasteiger partial charge is 0.317 e. The summed E-state index contributed by atoms with van der Waals surface area (Å²) in [6, 6.07) is 13.9. The van der Waals surface area contributed by atoms with Gasteiger partial charge in [0, 0.05) is 38.4 Å². The van der Waals surface area contributed by atoms with E-state index in [1.165, 1.54) is 35.4 Å². The number of hydrogen-bond acceptors (Lipinski definition) is 3. The highest BCUT2D eigenvalue weighted by molar-refractivity contribution is 5.92. The van der Waals surface area contributed by atoms with E-state index in [9.17, 15) is 14.0 Å². The molecule has 0 radical (unpaired) electrons. The molecule has 1 aliphatic rings. The van der Waals surface area contributed by atoms with E-state index >= 15 is 0 Å². The van der Waals surface area contributed by atoms with Gasteiger partial charge in [0.2, 0.25) is 5.91 Å². The fourth-order valence-corrected chi connectivity index (χ4v) is 3.34. The van der Waals surface area contributed by atoms with Crippen LogP contribution < -0.4 is 10.6 Å². The quantitative estimate of drug-likeness (QED) is 0.786. The second-order valence-electron chi connectivity index (χ2n) is 7.29. The molecule has 2 N–H and O–H groups in total. The van der Waals surface area contributed by atoms with E-state index in [0.717, 1.165) is 6.42 Å². The molecule has 0 atom stereocenters. The van der Waals surface area contributed by atoms with Gasteiger partial charge in [-0.1, -0.05) is 29.8 Å². The van der Waals surface area contributed by atoms with Crippen molar-refractivity contribution in [2.45, 2.75) is 13.3 Å². The largest absolute Gasteiger partial charge is 0.338 e. The van der Waals surface area contributed by atoms with E-state index in [1.54, 1.807) is 4.90 Å². The zero-order valence-electron chi connectivity index (χ0n) is 16.7. The molecule has 1 fully saturated rings. The highest BCUT2D eigenvalue weighted by atomic mass is 19.1. The molecule has 7 heteroatoms. The summed E-state index contributed by atoms with van der Waals surface area (Å²) < 4.78 is 12.9. The van der Waals surface area contributed by atoms with Crippen molar-refractivity contribution in [1.82, 2.24) is 15.1 Å². The predicted octanol–water partition coefficient (Wildman–Crippen LogP) is 2.64. The Labute approximate surface area is 170 Å². The van der Waals surface area contributed by atoms with Crippen LogP contribution in [0.5, 0.6) is 0 Å². The molecule has 0 spiro atoms. The van der Waals surface area contributed by atoms with Gasteiger partial charge in [-0.25, -0.2) is 9.18 Å². The fraction of sp³-hybridized carbons (Fsp3) is 0.364. The first-order chi connectivity index (χ1) is 14.0. The van der Waals surface area contributed by atoms with Crippen LogP contribution in [0, 0.1) is 12.7 Å². The number of benzene rings is 2. The first kappa shape index (κ1) is 20.8. The van der Waals surface area contributed by atoms with E-state index < -0.39 is 0 Å². The molecule has 1 aliphatic heterocycles. The fourth-order valence-electron chi connectivity index (χ4n) is 3.34. The molecular formula is C22H27FN4O2. The maximum Gasteiger partial charge on any atom is 0.317 e. The van der Waals surface area contributed by atoms with Gasteiger partial charge < -0.3 is 15.5 Å². The third-order valence-electron chi connectivity index (χ3n) is 4.93. The van der Waals surface area contributed by atoms with Gasteiger partial charge in [-0.15, -0.1) is 0 Å². The SMILES string of the molecule is Cc1cccc(CCNC(=O)N2CCN(CC(=O)Nc3ccc(F)cc3)CC2)c1. The number of anilines is 1. The van der Waals surface area contributed by atoms with Crippen LogP contribution in [0.25, 0.3) is 0 Å². The normalized spacial score (nSPS) is 14.5. The number of rotatable bonds is 6. The van der Waals surface area contributed by atoms with E-state index in [2.05, 4.69) is 35.8 Å². The van der Waals surface area contributed by atoms with Crippen molar-refractivity contribution in [2.24, 2.45) is 0 Å². The maximum absolute atomic E-state index is 12.9. The van der Waals surface area contributed by atoms with Crippen LogP contribution >= 0.6 is 0 Å². The molecule has 3 rings (SSSR count). The number of halogens is 1. The van der Waals surface area contributed by atoms with Crippen LogP contribution in [0.4, 0.5) is 14.9 Å². The van der Waals surface area contributed by atoms with Crippen LogP contribution in [-0.2, 0) is 11.2 Å². The second-order valence-corrected chi connectivity index (χ2v) is 7.29. The Morgan fingerprint density at radius 3 is 2.45 bits per heavy atom. The standard InChI is InChI=1S/C22H27FN4O2/c1-17-3-2-4-18(15-17)9-10-24-22(29)27-13-11-26(12-14-27)16-21(28)25-20-7-5-19(23)6-8-20/h2-8,15H,9-14,16H2,1H3,(H,24,29)(H,25,28). The summed E-state index contributed by atoms with van der Waals surface area (Å²) >= 11 is 0. The van der Waals surface area contributed by atoms with Gasteiger partial charge in [-0.2, -0.15) is 0 Å². The van der Waals surface area contributed by atoms with Gasteiger partial charge in [0.25, 0.3) is 0 Å². The van der Waals surface area contributed by atoms with E-state index in [1.807, 2.05) is 11.0 Å². The molecular weight excluding hydrogens is 371 g/mol. The molecule has 0 aliphatic carbocycles. The van der Waals surface area contributed by atoms with Crippen molar-refractivity contribution in [2.75, 3.05) is 44.6 Å². The van der Waals surface area contributed by atoms with E-state index in [4.69, 9.17) is 0 Å². The molecule has 6 nitrogen and oxygen atoms in total. The van der Waals surface area contributed by atoms with Crippen LogP contribution in [0.1, 0.15) is 11.1 Å². The highest BCUT2D eigenvalue weighted by Crippen LogP contribution is 2.09. The Bertz CT molecular complexity index is 833. The second kappa shape index (κ2) is 10.0. The lowest BCUT2D eigenvalue weighted by molar-refractivity contribution is -0.117. The summed E-state index contributed by atoms with van der Waals surface area (Å²) in [6.07, 6.45) is 0.803. The van der Waals surface area contributed by atoms with Crippen molar-refractivity contribution in [3.8, 4) is 0 Å². The molecule has 0 bridgehead atoms. The summed E-state index contributed by atoms with van der Waals surface area (Å²) in [5.41, 5.74) is 3.00. The molecule has 3 amide bonds. The number of nitrogens with zero attached hydrogens (tertiary/aromatic N) is 2. The van der Waals surface area contributed by atoms with Crippen LogP contribution in [-0.4, -0.2) is 61.0 Å². The average Bonchev–Trinajstić information content (AvgIpc) is 2.70. The Morgan fingerprint density at radius 1 is 1.03 bits per heavy atom. The van der Waals surface area contributed by atoms with Crippen molar-refractivity contribution < 1.29 is 14.0 Å². The van der Waals surface area contributed by atoms with Gasteiger partial charge in [-0.05, 0) is 43.2 Å². The molecule has 154 valence electrons. The molecule has 2 aromatic rings. The van der Waals surface area contributed by atoms with E-state index in [0.29, 0.717) is 38.4 Å². The molecule has 29 heavy (non-hydrogen) atoms. The lowest BCUT2D eigenvalue weighted by Crippen LogP contribution is -2.53. The van der Waals surface area contributed by atoms with Crippen molar-refractivity contribution in [3.63, 3.8) is 0 Å². The molecule has 0 unspecified atom stereocenters. The van der Waals surface area contributed by atoms with Gasteiger partial charge in [0.05, 0.1) is 6.54 Å². The highest BCUT2D eigenvalue weighted by Gasteiger charge is 2.22. The van der Waals surface area contributed by atoms with Gasteiger partial charge in [0.15, 0.2) is 0 Å². The zero-order valence-corrected chi connectivity index (χ0v) is 16.7. The zero-order chi connectivity index (χ0) is 20.6. The summed E-state index contributed by atoms with van der Waals surface area (Å²) in [7, 11) is 0. The number of hydrogen-bond donors (Lipinski definition) is 2. The lowest BCUT2D eigenvalue weighted by atomic mass is 10.1. The minimum absolute atomic E-state index is 0.0620. The number of nitrogens with one attached hydrogen (secondary N) is 2. The van der Waals surface area contributed by atoms with Crippen LogP contribution in [0.2, 0.25) is 0 Å². The number of piperazine rings is 1. The van der Waals surface area contributed by atoms with Crippen molar-refractivity contribution in [3.05, 3.63) is 65.5 Å². The molecule has 1 saturated heterocycles. The number of carbonyl (C=O) groups excluding carboxylic acids is 2.